The van der Waals surface area contributed by atoms with E-state index in [1.807, 2.05) is 13.8 Å². The lowest BCUT2D eigenvalue weighted by Crippen LogP contribution is -2.35. The number of nitrogens with one attached hydrogen (secondary N) is 1. The number of hydrogen-bond donors (Lipinski definition) is 1. The summed E-state index contributed by atoms with van der Waals surface area (Å²) in [7, 11) is 1.51. The molecule has 0 aliphatic carbocycles. The Morgan fingerprint density at radius 2 is 2.10 bits per heavy atom. The van der Waals surface area contributed by atoms with Gasteiger partial charge in [0.2, 0.25) is 0 Å². The van der Waals surface area contributed by atoms with Crippen LogP contribution in [0.25, 0.3) is 0 Å². The molecule has 0 aromatic heterocycles. The van der Waals surface area contributed by atoms with Crippen LogP contribution in [0.4, 0.5) is 0 Å². The predicted molar refractivity (Wildman–Crippen MR) is 83.5 cm³/mol. The highest BCUT2D eigenvalue weighted by Crippen LogP contribution is 2.23. The predicted octanol–water partition coefficient (Wildman–Crippen LogP) is 2.92. The molecular weight excluding hydrogens is 338 g/mol. The average Bonchev–Trinajstić information content (AvgIpc) is 2.45. The minimum Gasteiger partial charge on any atom is -0.497 e. The molecule has 5 nitrogen and oxygen atoms in total. The maximum Gasteiger partial charge on any atom is 0.339 e. The van der Waals surface area contributed by atoms with Crippen molar-refractivity contribution in [2.75, 3.05) is 13.7 Å². The van der Waals surface area contributed by atoms with E-state index in [-0.39, 0.29) is 18.6 Å². The third-order valence-corrected chi connectivity index (χ3v) is 3.55. The smallest absolute Gasteiger partial charge is 0.339 e. The van der Waals surface area contributed by atoms with Gasteiger partial charge in [0.25, 0.3) is 5.91 Å². The fourth-order valence-electron chi connectivity index (χ4n) is 1.82. The quantitative estimate of drug-likeness (QED) is 0.762. The number of benzene rings is 1. The average molecular weight is 358 g/mol. The standard InChI is InChI=1S/C15H20BrNO4/c1-4-5-10(2)17-14(18)9-21-15(19)12-8-11(20-3)6-7-13(12)16/h6-8,10H,4-5,9H2,1-3H3,(H,17,18). The lowest BCUT2D eigenvalue weighted by molar-refractivity contribution is -0.124. The lowest BCUT2D eigenvalue weighted by atomic mass is 10.2. The van der Waals surface area contributed by atoms with Crippen LogP contribution in [-0.2, 0) is 9.53 Å². The van der Waals surface area contributed by atoms with Gasteiger partial charge in [-0.05, 0) is 47.5 Å². The molecule has 21 heavy (non-hydrogen) atoms. The van der Waals surface area contributed by atoms with Gasteiger partial charge >= 0.3 is 5.97 Å². The van der Waals surface area contributed by atoms with Crippen LogP contribution in [0.1, 0.15) is 37.0 Å². The highest BCUT2D eigenvalue weighted by molar-refractivity contribution is 9.10. The van der Waals surface area contributed by atoms with E-state index in [1.165, 1.54) is 7.11 Å². The van der Waals surface area contributed by atoms with Gasteiger partial charge in [-0.3, -0.25) is 4.79 Å². The number of esters is 1. The Morgan fingerprint density at radius 1 is 1.38 bits per heavy atom. The van der Waals surface area contributed by atoms with Gasteiger partial charge in [-0.15, -0.1) is 0 Å². The Bertz CT molecular complexity index is 504. The van der Waals surface area contributed by atoms with Crippen LogP contribution in [-0.4, -0.2) is 31.6 Å². The second-order valence-corrected chi connectivity index (χ2v) is 5.53. The molecular formula is C15H20BrNO4. The van der Waals surface area contributed by atoms with E-state index in [9.17, 15) is 9.59 Å². The third kappa shape index (κ3) is 5.75. The van der Waals surface area contributed by atoms with Crippen LogP contribution < -0.4 is 10.1 Å². The molecule has 0 aliphatic rings. The highest BCUT2D eigenvalue weighted by atomic mass is 79.9. The molecule has 0 spiro atoms. The molecule has 0 saturated heterocycles. The van der Waals surface area contributed by atoms with Gasteiger partial charge in [0.15, 0.2) is 6.61 Å². The van der Waals surface area contributed by atoms with Crippen LogP contribution in [0, 0.1) is 0 Å². The molecule has 1 aromatic carbocycles. The molecule has 1 amide bonds. The third-order valence-electron chi connectivity index (χ3n) is 2.86. The van der Waals surface area contributed by atoms with Crippen LogP contribution in [0.15, 0.2) is 22.7 Å². The highest BCUT2D eigenvalue weighted by Gasteiger charge is 2.15. The first-order chi connectivity index (χ1) is 9.97. The minimum absolute atomic E-state index is 0.0738. The number of carbonyl (C=O) groups is 2. The molecule has 0 bridgehead atoms. The van der Waals surface area contributed by atoms with Gasteiger partial charge in [-0.2, -0.15) is 0 Å². The zero-order valence-corrected chi connectivity index (χ0v) is 14.0. The first-order valence-electron chi connectivity index (χ1n) is 6.78. The van der Waals surface area contributed by atoms with E-state index in [2.05, 4.69) is 21.2 Å². The van der Waals surface area contributed by atoms with E-state index in [0.29, 0.717) is 15.8 Å². The molecule has 0 radical (unpaired) electrons. The van der Waals surface area contributed by atoms with Crippen LogP contribution in [0.5, 0.6) is 5.75 Å². The molecule has 0 aliphatic heterocycles. The van der Waals surface area contributed by atoms with Crippen molar-refractivity contribution in [3.63, 3.8) is 0 Å². The van der Waals surface area contributed by atoms with E-state index < -0.39 is 5.97 Å². The summed E-state index contributed by atoms with van der Waals surface area (Å²) in [5.74, 6) is -0.325. The summed E-state index contributed by atoms with van der Waals surface area (Å²) < 4.78 is 10.7. The Labute approximate surface area is 133 Å². The zero-order chi connectivity index (χ0) is 15.8. The topological polar surface area (TPSA) is 64.6 Å². The molecule has 0 saturated carbocycles. The first-order valence-corrected chi connectivity index (χ1v) is 7.57. The van der Waals surface area contributed by atoms with Crippen LogP contribution in [0.2, 0.25) is 0 Å². The number of ether oxygens (including phenoxy) is 2. The van der Waals surface area contributed by atoms with Crippen molar-refractivity contribution >= 4 is 27.8 Å². The number of rotatable bonds is 7. The second kappa shape index (κ2) is 8.67. The number of hydrogen-bond acceptors (Lipinski definition) is 4. The number of carbonyl (C=O) groups excluding carboxylic acids is 2. The Kier molecular flexibility index (Phi) is 7.22. The van der Waals surface area contributed by atoms with E-state index in [1.54, 1.807) is 18.2 Å². The maximum absolute atomic E-state index is 12.0. The van der Waals surface area contributed by atoms with Crippen LogP contribution in [0.3, 0.4) is 0 Å². The molecule has 1 aromatic rings. The molecule has 1 N–H and O–H groups in total. The number of amides is 1. The summed E-state index contributed by atoms with van der Waals surface area (Å²) in [6.45, 7) is 3.67. The monoisotopic (exact) mass is 357 g/mol. The summed E-state index contributed by atoms with van der Waals surface area (Å²) in [6, 6.07) is 5.05. The Hall–Kier alpha value is -1.56. The van der Waals surface area contributed by atoms with Gasteiger partial charge in [0, 0.05) is 10.5 Å². The fourth-order valence-corrected chi connectivity index (χ4v) is 2.23. The van der Waals surface area contributed by atoms with Gasteiger partial charge in [0.1, 0.15) is 5.75 Å². The van der Waals surface area contributed by atoms with Crippen molar-refractivity contribution < 1.29 is 19.1 Å². The molecule has 0 heterocycles. The summed E-state index contributed by atoms with van der Waals surface area (Å²) >= 11 is 3.27. The summed E-state index contributed by atoms with van der Waals surface area (Å²) in [4.78, 5) is 23.6. The first kappa shape index (κ1) is 17.5. The largest absolute Gasteiger partial charge is 0.497 e. The SMILES string of the molecule is CCCC(C)NC(=O)COC(=O)c1cc(OC)ccc1Br. The van der Waals surface area contributed by atoms with Gasteiger partial charge < -0.3 is 14.8 Å². The van der Waals surface area contributed by atoms with Crippen molar-refractivity contribution in [1.29, 1.82) is 0 Å². The summed E-state index contributed by atoms with van der Waals surface area (Å²) in [5, 5.41) is 2.77. The Morgan fingerprint density at radius 3 is 2.71 bits per heavy atom. The van der Waals surface area contributed by atoms with Crippen LogP contribution >= 0.6 is 15.9 Å². The van der Waals surface area contributed by atoms with Gasteiger partial charge in [0.05, 0.1) is 12.7 Å². The molecule has 6 heteroatoms. The molecule has 1 atom stereocenters. The number of halogens is 1. The summed E-state index contributed by atoms with van der Waals surface area (Å²) in [5.41, 5.74) is 0.323. The van der Waals surface area contributed by atoms with E-state index in [4.69, 9.17) is 9.47 Å². The lowest BCUT2D eigenvalue weighted by Gasteiger charge is -2.13. The normalized spacial score (nSPS) is 11.6. The number of methoxy groups -OCH3 is 1. The maximum atomic E-state index is 12.0. The molecule has 116 valence electrons. The van der Waals surface area contributed by atoms with Crippen molar-refractivity contribution in [3.8, 4) is 5.75 Å². The van der Waals surface area contributed by atoms with E-state index in [0.717, 1.165) is 12.8 Å². The molecule has 0 fully saturated rings. The second-order valence-electron chi connectivity index (χ2n) is 4.68. The van der Waals surface area contributed by atoms with Crippen molar-refractivity contribution in [3.05, 3.63) is 28.2 Å². The van der Waals surface area contributed by atoms with Crippen molar-refractivity contribution in [1.82, 2.24) is 5.32 Å². The molecule has 1 rings (SSSR count). The van der Waals surface area contributed by atoms with Crippen molar-refractivity contribution in [2.24, 2.45) is 0 Å². The van der Waals surface area contributed by atoms with Crippen molar-refractivity contribution in [2.45, 2.75) is 32.7 Å². The minimum atomic E-state index is -0.570. The molecule has 1 unspecified atom stereocenters. The van der Waals surface area contributed by atoms with Gasteiger partial charge in [-0.1, -0.05) is 13.3 Å². The fraction of sp³-hybridized carbons (Fsp3) is 0.467. The van der Waals surface area contributed by atoms with Gasteiger partial charge in [-0.25, -0.2) is 4.79 Å². The zero-order valence-electron chi connectivity index (χ0n) is 12.4. The Balaban J connectivity index is 2.56. The van der Waals surface area contributed by atoms with E-state index >= 15 is 0 Å². The summed E-state index contributed by atoms with van der Waals surface area (Å²) in [6.07, 6.45) is 1.87.